The van der Waals surface area contributed by atoms with Crippen molar-refractivity contribution in [2.24, 2.45) is 0 Å². The molecule has 0 N–H and O–H groups in total. The Kier molecular flexibility index (Phi) is 3.19. The third-order valence-electron chi connectivity index (χ3n) is 2.01. The standard InChI is InChI=1S/C10H5Cl3N2O/c11-8-2-1-7(3-9(8)12)15-10(13)6(5-16)4-14-15/h1-5H. The largest absolute Gasteiger partial charge is 0.298 e. The van der Waals surface area contributed by atoms with Crippen molar-refractivity contribution < 1.29 is 4.79 Å². The number of rotatable bonds is 2. The summed E-state index contributed by atoms with van der Waals surface area (Å²) >= 11 is 17.6. The van der Waals surface area contributed by atoms with Crippen molar-refractivity contribution in [3.05, 3.63) is 45.2 Å². The van der Waals surface area contributed by atoms with Gasteiger partial charge in [-0.3, -0.25) is 4.79 Å². The molecule has 0 saturated heterocycles. The second-order valence-corrected chi connectivity index (χ2v) is 4.19. The van der Waals surface area contributed by atoms with Gasteiger partial charge in [-0.15, -0.1) is 0 Å². The van der Waals surface area contributed by atoms with Crippen molar-refractivity contribution >= 4 is 41.1 Å². The number of aromatic nitrogens is 2. The predicted octanol–water partition coefficient (Wildman–Crippen LogP) is 3.65. The molecule has 0 aliphatic rings. The van der Waals surface area contributed by atoms with E-state index in [0.717, 1.165) is 0 Å². The van der Waals surface area contributed by atoms with Gasteiger partial charge in [-0.1, -0.05) is 34.8 Å². The lowest BCUT2D eigenvalue weighted by Gasteiger charge is -2.04. The minimum absolute atomic E-state index is 0.244. The zero-order chi connectivity index (χ0) is 11.7. The summed E-state index contributed by atoms with van der Waals surface area (Å²) < 4.78 is 1.41. The lowest BCUT2D eigenvalue weighted by atomic mass is 10.3. The topological polar surface area (TPSA) is 34.9 Å². The van der Waals surface area contributed by atoms with Crippen LogP contribution in [-0.4, -0.2) is 16.1 Å². The molecule has 0 spiro atoms. The van der Waals surface area contributed by atoms with Gasteiger partial charge in [0, 0.05) is 0 Å². The molecule has 0 radical (unpaired) electrons. The highest BCUT2D eigenvalue weighted by Gasteiger charge is 2.10. The summed E-state index contributed by atoms with van der Waals surface area (Å²) in [6.07, 6.45) is 2.03. The van der Waals surface area contributed by atoms with E-state index in [9.17, 15) is 4.79 Å². The van der Waals surface area contributed by atoms with E-state index in [1.807, 2.05) is 0 Å². The van der Waals surface area contributed by atoms with Gasteiger partial charge < -0.3 is 0 Å². The zero-order valence-electron chi connectivity index (χ0n) is 7.82. The van der Waals surface area contributed by atoms with Gasteiger partial charge in [0.1, 0.15) is 5.15 Å². The molecule has 82 valence electrons. The van der Waals surface area contributed by atoms with E-state index in [0.29, 0.717) is 27.6 Å². The molecule has 0 atom stereocenters. The second kappa shape index (κ2) is 4.45. The van der Waals surface area contributed by atoms with Crippen LogP contribution < -0.4 is 0 Å². The first-order chi connectivity index (χ1) is 7.63. The van der Waals surface area contributed by atoms with Gasteiger partial charge in [0.05, 0.1) is 27.5 Å². The Morgan fingerprint density at radius 3 is 2.50 bits per heavy atom. The number of benzene rings is 1. The van der Waals surface area contributed by atoms with Gasteiger partial charge in [-0.25, -0.2) is 4.68 Å². The Hall–Kier alpha value is -1.03. The molecule has 16 heavy (non-hydrogen) atoms. The van der Waals surface area contributed by atoms with E-state index < -0.39 is 0 Å². The fourth-order valence-electron chi connectivity index (χ4n) is 1.22. The van der Waals surface area contributed by atoms with Crippen molar-refractivity contribution in [2.45, 2.75) is 0 Å². The molecule has 6 heteroatoms. The maximum absolute atomic E-state index is 10.6. The van der Waals surface area contributed by atoms with Gasteiger partial charge in [0.15, 0.2) is 6.29 Å². The summed E-state index contributed by atoms with van der Waals surface area (Å²) in [6, 6.07) is 4.97. The van der Waals surface area contributed by atoms with Crippen LogP contribution in [0.15, 0.2) is 24.4 Å². The van der Waals surface area contributed by atoms with Gasteiger partial charge in [0.25, 0.3) is 0 Å². The fraction of sp³-hybridized carbons (Fsp3) is 0. The first-order valence-electron chi connectivity index (χ1n) is 4.27. The van der Waals surface area contributed by atoms with Crippen molar-refractivity contribution in [3.8, 4) is 5.69 Å². The van der Waals surface area contributed by atoms with Gasteiger partial charge in [-0.2, -0.15) is 5.10 Å². The van der Waals surface area contributed by atoms with Gasteiger partial charge in [0.2, 0.25) is 0 Å². The van der Waals surface area contributed by atoms with E-state index in [-0.39, 0.29) is 5.15 Å². The van der Waals surface area contributed by atoms with Crippen LogP contribution in [0.25, 0.3) is 5.69 Å². The Bertz CT molecular complexity index is 551. The van der Waals surface area contributed by atoms with Gasteiger partial charge >= 0.3 is 0 Å². The van der Waals surface area contributed by atoms with Crippen LogP contribution in [-0.2, 0) is 0 Å². The van der Waals surface area contributed by atoms with Crippen LogP contribution in [0.1, 0.15) is 10.4 Å². The van der Waals surface area contributed by atoms with Crippen LogP contribution in [0.3, 0.4) is 0 Å². The van der Waals surface area contributed by atoms with E-state index in [4.69, 9.17) is 34.8 Å². The highest BCUT2D eigenvalue weighted by atomic mass is 35.5. The minimum atomic E-state index is 0.244. The number of halogens is 3. The molecule has 2 rings (SSSR count). The molecule has 0 fully saturated rings. The van der Waals surface area contributed by atoms with Crippen LogP contribution in [0.4, 0.5) is 0 Å². The molecule has 3 nitrogen and oxygen atoms in total. The van der Waals surface area contributed by atoms with E-state index >= 15 is 0 Å². The number of aldehydes is 1. The zero-order valence-corrected chi connectivity index (χ0v) is 10.1. The molecule has 0 aliphatic heterocycles. The van der Waals surface area contributed by atoms with Crippen molar-refractivity contribution in [2.75, 3.05) is 0 Å². The van der Waals surface area contributed by atoms with Crippen LogP contribution in [0.2, 0.25) is 15.2 Å². The Morgan fingerprint density at radius 1 is 1.19 bits per heavy atom. The summed E-state index contributed by atoms with van der Waals surface area (Å²) in [4.78, 5) is 10.6. The average Bonchev–Trinajstić information content (AvgIpc) is 2.64. The Balaban J connectivity index is 2.54. The third kappa shape index (κ3) is 1.94. The summed E-state index contributed by atoms with van der Waals surface area (Å²) in [6.45, 7) is 0. The first kappa shape index (κ1) is 11.5. The lowest BCUT2D eigenvalue weighted by molar-refractivity contribution is 0.112. The molecule has 1 aromatic heterocycles. The second-order valence-electron chi connectivity index (χ2n) is 3.02. The summed E-state index contributed by atoms with van der Waals surface area (Å²) in [5.41, 5.74) is 0.972. The SMILES string of the molecule is O=Cc1cnn(-c2ccc(Cl)c(Cl)c2)c1Cl. The normalized spacial score (nSPS) is 10.4. The number of hydrogen-bond acceptors (Lipinski definition) is 2. The highest BCUT2D eigenvalue weighted by molar-refractivity contribution is 6.42. The van der Waals surface area contributed by atoms with Crippen LogP contribution in [0.5, 0.6) is 0 Å². The number of carbonyl (C=O) groups is 1. The number of hydrogen-bond donors (Lipinski definition) is 0. The summed E-state index contributed by atoms with van der Waals surface area (Å²) in [7, 11) is 0. The van der Waals surface area contributed by atoms with Crippen LogP contribution in [0, 0.1) is 0 Å². The van der Waals surface area contributed by atoms with E-state index in [1.165, 1.54) is 10.9 Å². The molecular formula is C10H5Cl3N2O. The maximum atomic E-state index is 10.6. The summed E-state index contributed by atoms with van der Waals surface area (Å²) in [5.74, 6) is 0. The maximum Gasteiger partial charge on any atom is 0.154 e. The first-order valence-corrected chi connectivity index (χ1v) is 5.41. The molecule has 0 aliphatic carbocycles. The highest BCUT2D eigenvalue weighted by Crippen LogP contribution is 2.26. The van der Waals surface area contributed by atoms with Crippen molar-refractivity contribution in [3.63, 3.8) is 0 Å². The number of carbonyl (C=O) groups excluding carboxylic acids is 1. The number of nitrogens with zero attached hydrogens (tertiary/aromatic N) is 2. The molecule has 0 saturated carbocycles. The van der Waals surface area contributed by atoms with Crippen molar-refractivity contribution in [1.29, 1.82) is 0 Å². The predicted molar refractivity (Wildman–Crippen MR) is 64.0 cm³/mol. The Labute approximate surface area is 107 Å². The molecule has 0 bridgehead atoms. The minimum Gasteiger partial charge on any atom is -0.298 e. The summed E-state index contributed by atoms with van der Waals surface area (Å²) in [5, 5.41) is 5.07. The molecular weight excluding hydrogens is 270 g/mol. The third-order valence-corrected chi connectivity index (χ3v) is 3.13. The van der Waals surface area contributed by atoms with E-state index in [2.05, 4.69) is 5.10 Å². The molecule has 0 unspecified atom stereocenters. The fourth-order valence-corrected chi connectivity index (χ4v) is 1.75. The molecule has 1 aromatic carbocycles. The monoisotopic (exact) mass is 274 g/mol. The molecule has 1 heterocycles. The Morgan fingerprint density at radius 2 is 1.94 bits per heavy atom. The quantitative estimate of drug-likeness (QED) is 0.784. The van der Waals surface area contributed by atoms with Crippen LogP contribution >= 0.6 is 34.8 Å². The molecule has 0 amide bonds. The molecule has 2 aromatic rings. The average molecular weight is 276 g/mol. The smallest absolute Gasteiger partial charge is 0.154 e. The van der Waals surface area contributed by atoms with E-state index in [1.54, 1.807) is 18.2 Å². The lowest BCUT2D eigenvalue weighted by Crippen LogP contribution is -1.96. The van der Waals surface area contributed by atoms with Crippen molar-refractivity contribution in [1.82, 2.24) is 9.78 Å². The van der Waals surface area contributed by atoms with Gasteiger partial charge in [-0.05, 0) is 18.2 Å².